The van der Waals surface area contributed by atoms with Gasteiger partial charge in [0.1, 0.15) is 6.10 Å². The van der Waals surface area contributed by atoms with Gasteiger partial charge in [-0.05, 0) is 20.8 Å². The summed E-state index contributed by atoms with van der Waals surface area (Å²) in [6.45, 7) is 7.35. The summed E-state index contributed by atoms with van der Waals surface area (Å²) in [4.78, 5) is 9.43. The topological polar surface area (TPSA) is 126 Å². The van der Waals surface area contributed by atoms with E-state index in [-0.39, 0.29) is 5.76 Å². The highest BCUT2D eigenvalue weighted by molar-refractivity contribution is 7.47. The van der Waals surface area contributed by atoms with Crippen LogP contribution in [0.25, 0.3) is 0 Å². The minimum absolute atomic E-state index is 0.204. The SMILES string of the molecule is C=C1O[C@H]([C@@H](O)COP(=O)(O)OC(C)(C)C)C(O)=C1O. The van der Waals surface area contributed by atoms with Gasteiger partial charge < -0.3 is 24.9 Å². The van der Waals surface area contributed by atoms with Gasteiger partial charge in [-0.3, -0.25) is 9.05 Å². The molecule has 0 fully saturated rings. The lowest BCUT2D eigenvalue weighted by molar-refractivity contribution is -0.0245. The Morgan fingerprint density at radius 2 is 2.00 bits per heavy atom. The maximum atomic E-state index is 11.6. The quantitative estimate of drug-likeness (QED) is 0.563. The fraction of sp³-hybridized carbons (Fsp3) is 0.636. The molecule has 0 spiro atoms. The van der Waals surface area contributed by atoms with E-state index >= 15 is 0 Å². The molecule has 116 valence electrons. The highest BCUT2D eigenvalue weighted by Gasteiger charge is 2.38. The zero-order chi connectivity index (χ0) is 15.7. The van der Waals surface area contributed by atoms with Crippen molar-refractivity contribution < 1.29 is 38.6 Å². The molecule has 0 aromatic carbocycles. The number of hydrogen-bond donors (Lipinski definition) is 4. The van der Waals surface area contributed by atoms with Crippen molar-refractivity contribution >= 4 is 7.82 Å². The van der Waals surface area contributed by atoms with Crippen molar-refractivity contribution in [1.82, 2.24) is 0 Å². The van der Waals surface area contributed by atoms with Gasteiger partial charge >= 0.3 is 7.82 Å². The van der Waals surface area contributed by atoms with Gasteiger partial charge in [-0.1, -0.05) is 6.58 Å². The molecule has 0 amide bonds. The molecule has 0 saturated carbocycles. The molecule has 0 aliphatic carbocycles. The van der Waals surface area contributed by atoms with E-state index in [1.165, 1.54) is 0 Å². The number of aliphatic hydroxyl groups excluding tert-OH is 3. The van der Waals surface area contributed by atoms with Crippen molar-refractivity contribution in [3.8, 4) is 0 Å². The third-order valence-corrected chi connectivity index (χ3v) is 3.45. The molecular formula is C11H19O8P. The molecule has 0 saturated heterocycles. The number of aliphatic hydroxyl groups is 3. The van der Waals surface area contributed by atoms with E-state index in [1.54, 1.807) is 20.8 Å². The van der Waals surface area contributed by atoms with Crippen LogP contribution in [0.15, 0.2) is 23.9 Å². The Kier molecular flexibility index (Phi) is 4.89. The first-order valence-electron chi connectivity index (χ1n) is 5.77. The van der Waals surface area contributed by atoms with Crippen LogP contribution in [0.3, 0.4) is 0 Å². The van der Waals surface area contributed by atoms with E-state index in [0.717, 1.165) is 0 Å². The van der Waals surface area contributed by atoms with Crippen LogP contribution in [0.5, 0.6) is 0 Å². The van der Waals surface area contributed by atoms with Crippen LogP contribution >= 0.6 is 7.82 Å². The lowest BCUT2D eigenvalue weighted by atomic mass is 10.2. The predicted molar refractivity (Wildman–Crippen MR) is 68.9 cm³/mol. The van der Waals surface area contributed by atoms with Crippen LogP contribution in [0.1, 0.15) is 20.8 Å². The molecule has 1 aliphatic heterocycles. The molecule has 1 aliphatic rings. The number of ether oxygens (including phenoxy) is 1. The summed E-state index contributed by atoms with van der Waals surface area (Å²) in [5.41, 5.74) is -0.909. The standard InChI is InChI=1S/C11H19O8P/c1-6-8(13)9(14)10(18-6)7(12)5-17-20(15,16)19-11(2,3)4/h7,10,12-14H,1,5H2,2-4H3,(H,15,16)/t7-,10+/m0/s1. The lowest BCUT2D eigenvalue weighted by Gasteiger charge is -2.24. The minimum Gasteiger partial charge on any atom is -0.505 e. The minimum atomic E-state index is -4.36. The van der Waals surface area contributed by atoms with Crippen LogP contribution in [-0.4, -0.2) is 44.6 Å². The highest BCUT2D eigenvalue weighted by Crippen LogP contribution is 2.47. The van der Waals surface area contributed by atoms with E-state index in [1.807, 2.05) is 0 Å². The summed E-state index contributed by atoms with van der Waals surface area (Å²) in [5, 5.41) is 28.5. The second kappa shape index (κ2) is 5.75. The van der Waals surface area contributed by atoms with Gasteiger partial charge in [0.05, 0.1) is 12.2 Å². The van der Waals surface area contributed by atoms with Crippen molar-refractivity contribution in [1.29, 1.82) is 0 Å². The highest BCUT2D eigenvalue weighted by atomic mass is 31.2. The Bertz CT molecular complexity index is 464. The summed E-state index contributed by atoms with van der Waals surface area (Å²) in [6, 6.07) is 0. The van der Waals surface area contributed by atoms with Gasteiger partial charge in [-0.15, -0.1) is 0 Å². The van der Waals surface area contributed by atoms with Crippen molar-refractivity contribution in [2.45, 2.75) is 38.6 Å². The zero-order valence-corrected chi connectivity index (χ0v) is 12.3. The van der Waals surface area contributed by atoms with Crippen molar-refractivity contribution in [3.63, 3.8) is 0 Å². The van der Waals surface area contributed by atoms with E-state index in [4.69, 9.17) is 9.26 Å². The maximum Gasteiger partial charge on any atom is 0.472 e. The van der Waals surface area contributed by atoms with E-state index in [0.29, 0.717) is 0 Å². The molecule has 0 bridgehead atoms. The molecule has 0 aromatic heterocycles. The van der Waals surface area contributed by atoms with E-state index in [2.05, 4.69) is 11.1 Å². The molecule has 20 heavy (non-hydrogen) atoms. The molecule has 0 aromatic rings. The summed E-state index contributed by atoms with van der Waals surface area (Å²) >= 11 is 0. The number of rotatable bonds is 5. The fourth-order valence-corrected chi connectivity index (χ4v) is 2.52. The summed E-state index contributed by atoms with van der Waals surface area (Å²) in [6.07, 6.45) is -2.79. The lowest BCUT2D eigenvalue weighted by Crippen LogP contribution is -2.32. The van der Waals surface area contributed by atoms with Crippen LogP contribution < -0.4 is 0 Å². The average Bonchev–Trinajstić information content (AvgIpc) is 2.51. The maximum absolute atomic E-state index is 11.6. The normalized spacial score (nSPS) is 24.4. The molecule has 0 radical (unpaired) electrons. The molecular weight excluding hydrogens is 291 g/mol. The van der Waals surface area contributed by atoms with Crippen molar-refractivity contribution in [2.24, 2.45) is 0 Å². The Morgan fingerprint density at radius 1 is 1.45 bits per heavy atom. The van der Waals surface area contributed by atoms with Crippen LogP contribution in [0.2, 0.25) is 0 Å². The predicted octanol–water partition coefficient (Wildman–Crippen LogP) is 1.52. The Morgan fingerprint density at radius 3 is 2.40 bits per heavy atom. The molecule has 8 nitrogen and oxygen atoms in total. The summed E-state index contributed by atoms with van der Waals surface area (Å²) < 4.78 is 25.9. The molecule has 1 heterocycles. The van der Waals surface area contributed by atoms with Crippen LogP contribution in [0, 0.1) is 0 Å². The molecule has 9 heteroatoms. The van der Waals surface area contributed by atoms with Gasteiger partial charge in [0.2, 0.25) is 0 Å². The average molecular weight is 310 g/mol. The first kappa shape index (κ1) is 17.0. The Balaban J connectivity index is 2.59. The molecule has 1 rings (SSSR count). The first-order chi connectivity index (χ1) is 8.93. The Labute approximate surface area is 116 Å². The van der Waals surface area contributed by atoms with E-state index < -0.39 is 43.8 Å². The van der Waals surface area contributed by atoms with Crippen LogP contribution in [0.4, 0.5) is 0 Å². The molecule has 3 atom stereocenters. The number of phosphoric acid groups is 1. The van der Waals surface area contributed by atoms with Gasteiger partial charge in [0.25, 0.3) is 0 Å². The Hall–Kier alpha value is -1.05. The largest absolute Gasteiger partial charge is 0.505 e. The van der Waals surface area contributed by atoms with Gasteiger partial charge in [-0.25, -0.2) is 4.57 Å². The second-order valence-electron chi connectivity index (χ2n) is 5.23. The third-order valence-electron chi connectivity index (χ3n) is 2.19. The third kappa shape index (κ3) is 4.50. The number of hydrogen-bond acceptors (Lipinski definition) is 7. The fourth-order valence-electron chi connectivity index (χ4n) is 1.43. The first-order valence-corrected chi connectivity index (χ1v) is 7.27. The summed E-state index contributed by atoms with van der Waals surface area (Å²) in [7, 11) is -4.36. The van der Waals surface area contributed by atoms with Crippen molar-refractivity contribution in [2.75, 3.05) is 6.61 Å². The summed E-state index contributed by atoms with van der Waals surface area (Å²) in [5.74, 6) is -1.40. The zero-order valence-electron chi connectivity index (χ0n) is 11.4. The van der Waals surface area contributed by atoms with Crippen LogP contribution in [-0.2, 0) is 18.3 Å². The monoisotopic (exact) mass is 310 g/mol. The molecule has 1 unspecified atom stereocenters. The van der Waals surface area contributed by atoms with Gasteiger partial charge in [0, 0.05) is 0 Å². The smallest absolute Gasteiger partial charge is 0.472 e. The van der Waals surface area contributed by atoms with Gasteiger partial charge in [0.15, 0.2) is 23.4 Å². The van der Waals surface area contributed by atoms with Crippen molar-refractivity contribution in [3.05, 3.63) is 23.9 Å². The second-order valence-corrected chi connectivity index (χ2v) is 6.61. The van der Waals surface area contributed by atoms with E-state index in [9.17, 15) is 24.8 Å². The molecule has 4 N–H and O–H groups in total. The van der Waals surface area contributed by atoms with Gasteiger partial charge in [-0.2, -0.15) is 0 Å². The number of phosphoric ester groups is 1.